The van der Waals surface area contributed by atoms with Crippen molar-refractivity contribution in [2.45, 2.75) is 25.6 Å². The first-order chi connectivity index (χ1) is 8.36. The van der Waals surface area contributed by atoms with Gasteiger partial charge in [-0.25, -0.2) is 8.42 Å². The first kappa shape index (κ1) is 15.3. The second-order valence-electron chi connectivity index (χ2n) is 4.22. The summed E-state index contributed by atoms with van der Waals surface area (Å²) in [5, 5.41) is 0.192. The quantitative estimate of drug-likeness (QED) is 0.870. The van der Waals surface area contributed by atoms with E-state index in [0.29, 0.717) is 17.3 Å². The van der Waals surface area contributed by atoms with E-state index in [-0.39, 0.29) is 17.6 Å². The summed E-state index contributed by atoms with van der Waals surface area (Å²) >= 11 is 5.84. The van der Waals surface area contributed by atoms with E-state index in [2.05, 4.69) is 0 Å². The SMILES string of the molecule is CC(C)S(=O)(=O)CCOc1ccc(Cl)cc1CN. The van der Waals surface area contributed by atoms with Crippen LogP contribution in [0, 0.1) is 0 Å². The molecule has 0 bridgehead atoms. The van der Waals surface area contributed by atoms with E-state index >= 15 is 0 Å². The van der Waals surface area contributed by atoms with Crippen LogP contribution in [0.3, 0.4) is 0 Å². The number of sulfone groups is 1. The number of hydrogen-bond donors (Lipinski definition) is 1. The summed E-state index contributed by atoms with van der Waals surface area (Å²) in [7, 11) is -3.08. The number of ether oxygens (including phenoxy) is 1. The molecule has 0 aromatic heterocycles. The largest absolute Gasteiger partial charge is 0.492 e. The van der Waals surface area contributed by atoms with Crippen molar-refractivity contribution >= 4 is 21.4 Å². The molecule has 0 saturated carbocycles. The monoisotopic (exact) mass is 291 g/mol. The highest BCUT2D eigenvalue weighted by atomic mass is 35.5. The zero-order valence-electron chi connectivity index (χ0n) is 10.5. The molecular weight excluding hydrogens is 274 g/mol. The molecule has 0 aliphatic carbocycles. The van der Waals surface area contributed by atoms with Crippen LogP contribution >= 0.6 is 11.6 Å². The molecule has 18 heavy (non-hydrogen) atoms. The minimum atomic E-state index is -3.08. The summed E-state index contributed by atoms with van der Waals surface area (Å²) in [4.78, 5) is 0. The zero-order chi connectivity index (χ0) is 13.8. The Labute approximate surface area is 113 Å². The second kappa shape index (κ2) is 6.41. The highest BCUT2D eigenvalue weighted by Gasteiger charge is 2.16. The minimum absolute atomic E-state index is 0.00267. The smallest absolute Gasteiger partial charge is 0.155 e. The van der Waals surface area contributed by atoms with Crippen LogP contribution in [0.4, 0.5) is 0 Å². The summed E-state index contributed by atoms with van der Waals surface area (Å²) in [5.74, 6) is 0.581. The predicted octanol–water partition coefficient (Wildman–Crippen LogP) is 2.00. The first-order valence-corrected chi connectivity index (χ1v) is 7.79. The van der Waals surface area contributed by atoms with Gasteiger partial charge in [0.05, 0.1) is 11.0 Å². The van der Waals surface area contributed by atoms with Crippen molar-refractivity contribution in [2.24, 2.45) is 5.73 Å². The third-order valence-corrected chi connectivity index (χ3v) is 4.99. The molecule has 0 aliphatic heterocycles. The molecule has 0 spiro atoms. The van der Waals surface area contributed by atoms with E-state index in [0.717, 1.165) is 5.56 Å². The summed E-state index contributed by atoms with van der Waals surface area (Å²) in [6.45, 7) is 3.73. The van der Waals surface area contributed by atoms with Gasteiger partial charge in [-0.3, -0.25) is 0 Å². The van der Waals surface area contributed by atoms with Gasteiger partial charge in [-0.05, 0) is 32.0 Å². The Kier molecular flexibility index (Phi) is 5.44. The molecule has 0 unspecified atom stereocenters. The maximum absolute atomic E-state index is 11.6. The lowest BCUT2D eigenvalue weighted by atomic mass is 10.2. The Morgan fingerprint density at radius 1 is 1.39 bits per heavy atom. The van der Waals surface area contributed by atoms with E-state index in [9.17, 15) is 8.42 Å². The molecule has 6 heteroatoms. The van der Waals surface area contributed by atoms with Crippen LogP contribution in [0.25, 0.3) is 0 Å². The molecule has 0 atom stereocenters. The Balaban J connectivity index is 2.65. The molecule has 1 aromatic carbocycles. The molecule has 0 radical (unpaired) electrons. The number of hydrogen-bond acceptors (Lipinski definition) is 4. The van der Waals surface area contributed by atoms with Crippen LogP contribution in [0.1, 0.15) is 19.4 Å². The van der Waals surface area contributed by atoms with Crippen molar-refractivity contribution in [3.05, 3.63) is 28.8 Å². The van der Waals surface area contributed by atoms with Gasteiger partial charge in [0.1, 0.15) is 12.4 Å². The van der Waals surface area contributed by atoms with Gasteiger partial charge in [0.2, 0.25) is 0 Å². The molecule has 0 heterocycles. The van der Waals surface area contributed by atoms with Gasteiger partial charge in [0.15, 0.2) is 9.84 Å². The van der Waals surface area contributed by atoms with Gasteiger partial charge in [-0.2, -0.15) is 0 Å². The number of halogens is 1. The van der Waals surface area contributed by atoms with Crippen LogP contribution in [0.2, 0.25) is 5.02 Å². The third-order valence-electron chi connectivity index (χ3n) is 2.59. The van der Waals surface area contributed by atoms with Gasteiger partial charge >= 0.3 is 0 Å². The van der Waals surface area contributed by atoms with Crippen LogP contribution < -0.4 is 10.5 Å². The summed E-state index contributed by atoms with van der Waals surface area (Å²) < 4.78 is 28.7. The van der Waals surface area contributed by atoms with E-state index in [1.165, 1.54) is 0 Å². The lowest BCUT2D eigenvalue weighted by molar-refractivity contribution is 0.337. The fourth-order valence-electron chi connectivity index (χ4n) is 1.35. The van der Waals surface area contributed by atoms with Crippen LogP contribution in [0.15, 0.2) is 18.2 Å². The molecule has 0 amide bonds. The molecular formula is C12H18ClNO3S. The molecule has 1 aromatic rings. The van der Waals surface area contributed by atoms with E-state index in [4.69, 9.17) is 22.1 Å². The number of rotatable bonds is 6. The van der Waals surface area contributed by atoms with E-state index in [1.54, 1.807) is 32.0 Å². The van der Waals surface area contributed by atoms with Gasteiger partial charge in [-0.15, -0.1) is 0 Å². The summed E-state index contributed by atoms with van der Waals surface area (Å²) in [5.41, 5.74) is 6.34. The lowest BCUT2D eigenvalue weighted by Crippen LogP contribution is -2.22. The van der Waals surface area contributed by atoms with Crippen molar-refractivity contribution in [1.29, 1.82) is 0 Å². The van der Waals surface area contributed by atoms with Gasteiger partial charge in [-0.1, -0.05) is 11.6 Å². The lowest BCUT2D eigenvalue weighted by Gasteiger charge is -2.12. The molecule has 2 N–H and O–H groups in total. The Morgan fingerprint density at radius 3 is 2.61 bits per heavy atom. The van der Waals surface area contributed by atoms with Crippen LogP contribution in [-0.4, -0.2) is 26.0 Å². The first-order valence-electron chi connectivity index (χ1n) is 5.69. The third kappa shape index (κ3) is 4.15. The molecule has 102 valence electrons. The van der Waals surface area contributed by atoms with Gasteiger partial charge in [0, 0.05) is 17.1 Å². The van der Waals surface area contributed by atoms with Gasteiger partial charge in [0.25, 0.3) is 0 Å². The summed E-state index contributed by atoms with van der Waals surface area (Å²) in [6, 6.07) is 5.10. The summed E-state index contributed by atoms with van der Waals surface area (Å²) in [6.07, 6.45) is 0. The minimum Gasteiger partial charge on any atom is -0.492 e. The number of nitrogens with two attached hydrogens (primary N) is 1. The molecule has 0 aliphatic rings. The molecule has 1 rings (SSSR count). The fourth-order valence-corrected chi connectivity index (χ4v) is 2.33. The second-order valence-corrected chi connectivity index (χ2v) is 7.33. The molecule has 0 saturated heterocycles. The average Bonchev–Trinajstić information content (AvgIpc) is 2.30. The normalized spacial score (nSPS) is 11.8. The van der Waals surface area contributed by atoms with Crippen LogP contribution in [-0.2, 0) is 16.4 Å². The van der Waals surface area contributed by atoms with Crippen molar-refractivity contribution in [3.63, 3.8) is 0 Å². The van der Waals surface area contributed by atoms with Crippen molar-refractivity contribution < 1.29 is 13.2 Å². The van der Waals surface area contributed by atoms with Gasteiger partial charge < -0.3 is 10.5 Å². The Hall–Kier alpha value is -0.780. The fraction of sp³-hybridized carbons (Fsp3) is 0.500. The topological polar surface area (TPSA) is 69.4 Å². The van der Waals surface area contributed by atoms with E-state index < -0.39 is 9.84 Å². The number of benzene rings is 1. The average molecular weight is 292 g/mol. The Bertz CT molecular complexity index is 500. The molecule has 0 fully saturated rings. The van der Waals surface area contributed by atoms with Crippen molar-refractivity contribution in [1.82, 2.24) is 0 Å². The highest BCUT2D eigenvalue weighted by molar-refractivity contribution is 7.91. The highest BCUT2D eigenvalue weighted by Crippen LogP contribution is 2.22. The molecule has 4 nitrogen and oxygen atoms in total. The predicted molar refractivity (Wildman–Crippen MR) is 73.8 cm³/mol. The van der Waals surface area contributed by atoms with Crippen molar-refractivity contribution in [2.75, 3.05) is 12.4 Å². The van der Waals surface area contributed by atoms with E-state index in [1.807, 2.05) is 0 Å². The maximum Gasteiger partial charge on any atom is 0.155 e. The zero-order valence-corrected chi connectivity index (χ0v) is 12.1. The standard InChI is InChI=1S/C12H18ClNO3S/c1-9(2)18(15,16)6-5-17-12-4-3-11(13)7-10(12)8-14/h3-4,7,9H,5-6,8,14H2,1-2H3. The van der Waals surface area contributed by atoms with Crippen molar-refractivity contribution in [3.8, 4) is 5.75 Å². The van der Waals surface area contributed by atoms with Crippen LogP contribution in [0.5, 0.6) is 5.75 Å². The maximum atomic E-state index is 11.6. The Morgan fingerprint density at radius 2 is 2.06 bits per heavy atom.